The Kier molecular flexibility index (Phi) is 4.52. The van der Waals surface area contributed by atoms with Crippen LogP contribution in [0.25, 0.3) is 0 Å². The summed E-state index contributed by atoms with van der Waals surface area (Å²) in [5.41, 5.74) is 1.43. The van der Waals surface area contributed by atoms with Crippen molar-refractivity contribution < 1.29 is 13.9 Å². The monoisotopic (exact) mass is 288 g/mol. The van der Waals surface area contributed by atoms with Crippen molar-refractivity contribution in [2.75, 3.05) is 7.11 Å². The second-order valence-electron chi connectivity index (χ2n) is 4.69. The number of rotatable bonds is 4. The predicted octanol–water partition coefficient (Wildman–Crippen LogP) is 3.03. The molecule has 4 nitrogen and oxygen atoms in total. The minimum absolute atomic E-state index is 0.293. The van der Waals surface area contributed by atoms with Crippen LogP contribution in [0.4, 0.5) is 4.39 Å². The molecule has 0 bridgehead atoms. The SMILES string of the molecule is COc1cccc(F)c1[C@H](C)NC(=O)c1cccnc1C. The van der Waals surface area contributed by atoms with E-state index in [1.165, 1.54) is 13.2 Å². The van der Waals surface area contributed by atoms with Crippen molar-refractivity contribution in [3.63, 3.8) is 0 Å². The van der Waals surface area contributed by atoms with Gasteiger partial charge in [-0.05, 0) is 38.1 Å². The van der Waals surface area contributed by atoms with Crippen LogP contribution in [0.5, 0.6) is 5.75 Å². The molecule has 0 aliphatic rings. The van der Waals surface area contributed by atoms with Gasteiger partial charge in [-0.3, -0.25) is 9.78 Å². The Bertz CT molecular complexity index is 658. The van der Waals surface area contributed by atoms with Gasteiger partial charge in [-0.2, -0.15) is 0 Å². The van der Waals surface area contributed by atoms with E-state index >= 15 is 0 Å². The molecule has 2 rings (SSSR count). The molecule has 2 aromatic rings. The summed E-state index contributed by atoms with van der Waals surface area (Å²) >= 11 is 0. The van der Waals surface area contributed by atoms with Crippen LogP contribution in [0.2, 0.25) is 0 Å². The number of carbonyl (C=O) groups excluding carboxylic acids is 1. The quantitative estimate of drug-likeness (QED) is 0.940. The smallest absolute Gasteiger partial charge is 0.253 e. The van der Waals surface area contributed by atoms with Crippen LogP contribution in [-0.2, 0) is 0 Å². The fourth-order valence-electron chi connectivity index (χ4n) is 2.19. The molecule has 1 atom stereocenters. The lowest BCUT2D eigenvalue weighted by atomic mass is 10.1. The molecule has 1 heterocycles. The third kappa shape index (κ3) is 3.18. The summed E-state index contributed by atoms with van der Waals surface area (Å²) in [7, 11) is 1.47. The summed E-state index contributed by atoms with van der Waals surface area (Å²) in [5, 5.41) is 2.77. The lowest BCUT2D eigenvalue weighted by molar-refractivity contribution is 0.0938. The highest BCUT2D eigenvalue weighted by Crippen LogP contribution is 2.27. The number of benzene rings is 1. The minimum atomic E-state index is -0.520. The molecule has 1 aromatic heterocycles. The van der Waals surface area contributed by atoms with E-state index in [1.807, 2.05) is 0 Å². The van der Waals surface area contributed by atoms with E-state index < -0.39 is 11.9 Å². The number of hydrogen-bond acceptors (Lipinski definition) is 3. The van der Waals surface area contributed by atoms with E-state index in [0.29, 0.717) is 22.6 Å². The number of carbonyl (C=O) groups is 1. The van der Waals surface area contributed by atoms with E-state index in [4.69, 9.17) is 4.74 Å². The van der Waals surface area contributed by atoms with Gasteiger partial charge >= 0.3 is 0 Å². The molecular formula is C16H17FN2O2. The fourth-order valence-corrected chi connectivity index (χ4v) is 2.19. The first kappa shape index (κ1) is 15.0. The van der Waals surface area contributed by atoms with Crippen molar-refractivity contribution in [1.82, 2.24) is 10.3 Å². The number of nitrogens with one attached hydrogen (secondary N) is 1. The molecule has 0 fully saturated rings. The molecule has 0 radical (unpaired) electrons. The number of aromatic nitrogens is 1. The molecule has 21 heavy (non-hydrogen) atoms. The second-order valence-corrected chi connectivity index (χ2v) is 4.69. The first-order valence-corrected chi connectivity index (χ1v) is 6.59. The second kappa shape index (κ2) is 6.35. The molecule has 5 heteroatoms. The lowest BCUT2D eigenvalue weighted by Gasteiger charge is -2.18. The van der Waals surface area contributed by atoms with Crippen LogP contribution >= 0.6 is 0 Å². The van der Waals surface area contributed by atoms with Gasteiger partial charge in [0.1, 0.15) is 11.6 Å². The number of pyridine rings is 1. The largest absolute Gasteiger partial charge is 0.496 e. The zero-order chi connectivity index (χ0) is 15.4. The van der Waals surface area contributed by atoms with Crippen LogP contribution in [0, 0.1) is 12.7 Å². The van der Waals surface area contributed by atoms with Crippen molar-refractivity contribution in [3.05, 3.63) is 59.2 Å². The predicted molar refractivity (Wildman–Crippen MR) is 77.8 cm³/mol. The zero-order valence-electron chi connectivity index (χ0n) is 12.2. The fraction of sp³-hybridized carbons (Fsp3) is 0.250. The maximum Gasteiger partial charge on any atom is 0.253 e. The Hall–Kier alpha value is -2.43. The highest BCUT2D eigenvalue weighted by atomic mass is 19.1. The van der Waals surface area contributed by atoms with E-state index in [-0.39, 0.29) is 5.91 Å². The van der Waals surface area contributed by atoms with Crippen LogP contribution in [0.1, 0.15) is 34.6 Å². The molecule has 0 aliphatic heterocycles. The summed E-state index contributed by atoms with van der Waals surface area (Å²) in [6.07, 6.45) is 1.62. The Labute approximate surface area is 123 Å². The molecule has 1 aromatic carbocycles. The first-order chi connectivity index (χ1) is 10.0. The van der Waals surface area contributed by atoms with Crippen LogP contribution in [0.15, 0.2) is 36.5 Å². The van der Waals surface area contributed by atoms with Crippen LogP contribution in [0.3, 0.4) is 0 Å². The van der Waals surface area contributed by atoms with Crippen molar-refractivity contribution in [3.8, 4) is 5.75 Å². The van der Waals surface area contributed by atoms with E-state index in [0.717, 1.165) is 0 Å². The number of nitrogens with zero attached hydrogens (tertiary/aromatic N) is 1. The maximum absolute atomic E-state index is 14.0. The molecule has 110 valence electrons. The van der Waals surface area contributed by atoms with Gasteiger partial charge in [-0.1, -0.05) is 6.07 Å². The average Bonchev–Trinajstić information content (AvgIpc) is 2.46. The molecule has 0 saturated carbocycles. The first-order valence-electron chi connectivity index (χ1n) is 6.59. The lowest BCUT2D eigenvalue weighted by Crippen LogP contribution is -2.28. The van der Waals surface area contributed by atoms with Gasteiger partial charge in [-0.25, -0.2) is 4.39 Å². The number of halogens is 1. The van der Waals surface area contributed by atoms with Gasteiger partial charge in [0.15, 0.2) is 0 Å². The summed E-state index contributed by atoms with van der Waals surface area (Å²) in [5.74, 6) is -0.297. The number of hydrogen-bond donors (Lipinski definition) is 1. The van der Waals surface area contributed by atoms with Crippen LogP contribution < -0.4 is 10.1 Å². The highest BCUT2D eigenvalue weighted by Gasteiger charge is 2.19. The highest BCUT2D eigenvalue weighted by molar-refractivity contribution is 5.95. The van der Waals surface area contributed by atoms with Gasteiger partial charge in [0.25, 0.3) is 5.91 Å². The number of aryl methyl sites for hydroxylation is 1. The van der Waals surface area contributed by atoms with E-state index in [9.17, 15) is 9.18 Å². The summed E-state index contributed by atoms with van der Waals surface area (Å²) in [6, 6.07) is 7.43. The summed E-state index contributed by atoms with van der Waals surface area (Å²) < 4.78 is 19.1. The molecule has 0 spiro atoms. The van der Waals surface area contributed by atoms with E-state index in [2.05, 4.69) is 10.3 Å². The maximum atomic E-state index is 14.0. The minimum Gasteiger partial charge on any atom is -0.496 e. The Morgan fingerprint density at radius 2 is 2.10 bits per heavy atom. The Morgan fingerprint density at radius 3 is 2.76 bits per heavy atom. The Morgan fingerprint density at radius 1 is 1.33 bits per heavy atom. The van der Waals surface area contributed by atoms with Crippen molar-refractivity contribution >= 4 is 5.91 Å². The molecule has 0 unspecified atom stereocenters. The summed E-state index contributed by atoms with van der Waals surface area (Å²) in [4.78, 5) is 16.3. The van der Waals surface area contributed by atoms with E-state index in [1.54, 1.807) is 44.3 Å². The standard InChI is InChI=1S/C16H17FN2O2/c1-10-12(6-5-9-18-10)16(20)19-11(2)15-13(17)7-4-8-14(15)21-3/h4-9,11H,1-3H3,(H,19,20)/t11-/m0/s1. The van der Waals surface area contributed by atoms with Crippen LogP contribution in [-0.4, -0.2) is 18.0 Å². The normalized spacial score (nSPS) is 11.8. The van der Waals surface area contributed by atoms with Gasteiger partial charge in [0.2, 0.25) is 0 Å². The van der Waals surface area contributed by atoms with Gasteiger partial charge < -0.3 is 10.1 Å². The van der Waals surface area contributed by atoms with Gasteiger partial charge in [-0.15, -0.1) is 0 Å². The van der Waals surface area contributed by atoms with Gasteiger partial charge in [0.05, 0.1) is 24.3 Å². The Balaban J connectivity index is 2.25. The molecule has 0 aliphatic carbocycles. The molecule has 0 saturated heterocycles. The number of methoxy groups -OCH3 is 1. The average molecular weight is 288 g/mol. The zero-order valence-corrected chi connectivity index (χ0v) is 12.2. The van der Waals surface area contributed by atoms with Crippen molar-refractivity contribution in [1.29, 1.82) is 0 Å². The topological polar surface area (TPSA) is 51.2 Å². The summed E-state index contributed by atoms with van der Waals surface area (Å²) in [6.45, 7) is 3.47. The van der Waals surface area contributed by atoms with Crippen molar-refractivity contribution in [2.45, 2.75) is 19.9 Å². The molecule has 1 N–H and O–H groups in total. The van der Waals surface area contributed by atoms with Gasteiger partial charge in [0, 0.05) is 11.9 Å². The molecule has 1 amide bonds. The third-order valence-electron chi connectivity index (χ3n) is 3.26. The van der Waals surface area contributed by atoms with Crippen molar-refractivity contribution in [2.24, 2.45) is 0 Å². The molecular weight excluding hydrogens is 271 g/mol. The number of amides is 1. The number of ether oxygens (including phenoxy) is 1. The third-order valence-corrected chi connectivity index (χ3v) is 3.26.